The van der Waals surface area contributed by atoms with Crippen LogP contribution in [-0.2, 0) is 37.3 Å². The molecule has 14 heteroatoms. The third-order valence-corrected chi connectivity index (χ3v) is 12.1. The minimum atomic E-state index is -3.87. The van der Waals surface area contributed by atoms with Gasteiger partial charge < -0.3 is 19.7 Å². The number of nitrogens with zero attached hydrogens (tertiary/aromatic N) is 3. The zero-order valence-corrected chi connectivity index (χ0v) is 27.9. The molecule has 2 aromatic carbocycles. The first kappa shape index (κ1) is 32.1. The van der Waals surface area contributed by atoms with E-state index in [2.05, 4.69) is 5.32 Å². The molecule has 2 aliphatic heterocycles. The molecule has 242 valence electrons. The molecule has 4 aromatic rings. The van der Waals surface area contributed by atoms with Crippen molar-refractivity contribution in [3.8, 4) is 10.6 Å². The molecule has 1 N–H and O–H groups in total. The van der Waals surface area contributed by atoms with Crippen molar-refractivity contribution in [1.29, 1.82) is 0 Å². The number of nitrogens with one attached hydrogen (secondary N) is 1. The molecule has 1 unspecified atom stereocenters. The fraction of sp³-hybridized carbons (Fsp3) is 0.375. The molecule has 11 nitrogen and oxygen atoms in total. The summed E-state index contributed by atoms with van der Waals surface area (Å²) in [4.78, 5) is 45.8. The van der Waals surface area contributed by atoms with Crippen molar-refractivity contribution in [2.45, 2.75) is 44.6 Å². The number of hydrogen-bond acceptors (Lipinski definition) is 10. The second-order valence-corrected chi connectivity index (χ2v) is 15.1. The van der Waals surface area contributed by atoms with E-state index < -0.39 is 21.8 Å². The largest absolute Gasteiger partial charge is 0.466 e. The molecule has 1 atom stereocenters. The number of thiazole rings is 1. The average molecular weight is 683 g/mol. The van der Waals surface area contributed by atoms with E-state index in [0.29, 0.717) is 43.9 Å². The molecule has 0 saturated carbocycles. The number of rotatable bonds is 8. The lowest BCUT2D eigenvalue weighted by Crippen LogP contribution is -2.42. The first-order valence-corrected chi connectivity index (χ1v) is 18.3. The van der Waals surface area contributed by atoms with Crippen molar-refractivity contribution in [1.82, 2.24) is 14.2 Å². The number of anilines is 1. The van der Waals surface area contributed by atoms with Crippen LogP contribution in [0.25, 0.3) is 20.8 Å². The minimum absolute atomic E-state index is 0.0503. The molecule has 46 heavy (non-hydrogen) atoms. The summed E-state index contributed by atoms with van der Waals surface area (Å²) in [6.07, 6.45) is 1.36. The summed E-state index contributed by atoms with van der Waals surface area (Å²) in [5, 5.41) is 4.45. The minimum Gasteiger partial charge on any atom is -0.466 e. The van der Waals surface area contributed by atoms with Crippen molar-refractivity contribution < 1.29 is 32.3 Å². The number of esters is 1. The number of aromatic nitrogens is 1. The number of para-hydroxylation sites is 1. The number of piperidine rings is 1. The summed E-state index contributed by atoms with van der Waals surface area (Å²) < 4.78 is 39.5. The van der Waals surface area contributed by atoms with Gasteiger partial charge in [0.05, 0.1) is 40.8 Å². The fourth-order valence-electron chi connectivity index (χ4n) is 5.78. The second kappa shape index (κ2) is 13.5. The number of carbonyl (C=O) groups is 3. The van der Waals surface area contributed by atoms with Crippen LogP contribution in [0.3, 0.4) is 0 Å². The molecule has 1 fully saturated rings. The van der Waals surface area contributed by atoms with Gasteiger partial charge in [-0.25, -0.2) is 18.2 Å². The highest BCUT2D eigenvalue weighted by atomic mass is 32.2. The van der Waals surface area contributed by atoms with Crippen LogP contribution in [-0.4, -0.2) is 73.4 Å². The van der Waals surface area contributed by atoms with E-state index in [9.17, 15) is 22.8 Å². The Morgan fingerprint density at radius 1 is 1.00 bits per heavy atom. The molecule has 0 spiro atoms. The Morgan fingerprint density at radius 2 is 1.76 bits per heavy atom. The molecule has 6 rings (SSSR count). The predicted octanol–water partition coefficient (Wildman–Crippen LogP) is 5.76. The predicted molar refractivity (Wildman–Crippen MR) is 177 cm³/mol. The van der Waals surface area contributed by atoms with Crippen molar-refractivity contribution in [2.75, 3.05) is 38.2 Å². The van der Waals surface area contributed by atoms with E-state index in [1.807, 2.05) is 24.3 Å². The van der Waals surface area contributed by atoms with Crippen molar-refractivity contribution in [3.63, 3.8) is 0 Å². The number of sulfonamides is 1. The van der Waals surface area contributed by atoms with E-state index in [0.717, 1.165) is 31.2 Å². The molecule has 2 aromatic heterocycles. The highest BCUT2D eigenvalue weighted by Crippen LogP contribution is 2.46. The lowest BCUT2D eigenvalue weighted by Gasteiger charge is -2.30. The number of fused-ring (bicyclic) bond motifs is 2. The van der Waals surface area contributed by atoms with Crippen LogP contribution in [0.5, 0.6) is 0 Å². The van der Waals surface area contributed by atoms with Gasteiger partial charge in [0.15, 0.2) is 0 Å². The Labute approximate surface area is 275 Å². The molecule has 4 heterocycles. The Hall–Kier alpha value is -3.85. The van der Waals surface area contributed by atoms with E-state index in [-0.39, 0.29) is 42.3 Å². The smallest absolute Gasteiger partial charge is 0.410 e. The number of hydrogen-bond donors (Lipinski definition) is 1. The molecule has 2 aliphatic rings. The van der Waals surface area contributed by atoms with Crippen molar-refractivity contribution >= 4 is 65.9 Å². The van der Waals surface area contributed by atoms with Crippen LogP contribution in [0.4, 0.5) is 9.80 Å². The van der Waals surface area contributed by atoms with Gasteiger partial charge in [0, 0.05) is 35.6 Å². The van der Waals surface area contributed by atoms with E-state index >= 15 is 0 Å². The van der Waals surface area contributed by atoms with Crippen molar-refractivity contribution in [3.05, 3.63) is 64.5 Å². The lowest BCUT2D eigenvalue weighted by atomic mass is 10.0. The molecule has 0 aliphatic carbocycles. The van der Waals surface area contributed by atoms with E-state index in [1.54, 1.807) is 30.1 Å². The summed E-state index contributed by atoms with van der Waals surface area (Å²) >= 11 is 2.95. The first-order valence-electron chi connectivity index (χ1n) is 15.2. The van der Waals surface area contributed by atoms with Gasteiger partial charge in [0.1, 0.15) is 10.0 Å². The molecular weight excluding hydrogens is 649 g/mol. The number of amides is 2. The molecule has 1 saturated heterocycles. The number of thiophene rings is 1. The van der Waals surface area contributed by atoms with Gasteiger partial charge >= 0.3 is 12.1 Å². The SMILES string of the molecule is CCOC(=O)C1CCCN(S(=O)(=O)c2ccc(C(=O)Nc3sc4c(c3-c3nc5ccccc5s3)CCN(C(=O)OCC)C4)cc2)C1. The Morgan fingerprint density at radius 3 is 2.50 bits per heavy atom. The third-order valence-electron chi connectivity index (χ3n) is 8.08. The van der Waals surface area contributed by atoms with E-state index in [4.69, 9.17) is 14.5 Å². The van der Waals surface area contributed by atoms with Crippen LogP contribution in [0.15, 0.2) is 53.4 Å². The molecule has 0 radical (unpaired) electrons. The zero-order chi connectivity index (χ0) is 32.4. The first-order chi connectivity index (χ1) is 22.2. The van der Waals surface area contributed by atoms with Crippen LogP contribution >= 0.6 is 22.7 Å². The zero-order valence-electron chi connectivity index (χ0n) is 25.5. The number of benzene rings is 2. The van der Waals surface area contributed by atoms with Gasteiger partial charge in [-0.1, -0.05) is 12.1 Å². The van der Waals surface area contributed by atoms with Gasteiger partial charge in [-0.15, -0.1) is 22.7 Å². The summed E-state index contributed by atoms with van der Waals surface area (Å²) in [7, 11) is -3.87. The summed E-state index contributed by atoms with van der Waals surface area (Å²) in [6, 6.07) is 13.7. The normalized spacial score (nSPS) is 17.0. The molecular formula is C32H34N4O7S3. The van der Waals surface area contributed by atoms with Gasteiger partial charge in [0.2, 0.25) is 10.0 Å². The highest BCUT2D eigenvalue weighted by molar-refractivity contribution is 7.89. The summed E-state index contributed by atoms with van der Waals surface area (Å²) in [5.74, 6) is -1.28. The van der Waals surface area contributed by atoms with Gasteiger partial charge in [-0.05, 0) is 75.1 Å². The number of ether oxygens (including phenoxy) is 2. The Bertz CT molecular complexity index is 1850. The van der Waals surface area contributed by atoms with Crippen LogP contribution in [0.1, 0.15) is 47.5 Å². The molecule has 2 amide bonds. The fourth-order valence-corrected chi connectivity index (χ4v) is 9.68. The second-order valence-electron chi connectivity index (χ2n) is 11.0. The summed E-state index contributed by atoms with van der Waals surface area (Å²) in [6.45, 7) is 5.26. The maximum Gasteiger partial charge on any atom is 0.410 e. The summed E-state index contributed by atoms with van der Waals surface area (Å²) in [5.41, 5.74) is 3.04. The topological polar surface area (TPSA) is 135 Å². The lowest BCUT2D eigenvalue weighted by molar-refractivity contribution is -0.149. The van der Waals surface area contributed by atoms with Crippen LogP contribution in [0.2, 0.25) is 0 Å². The van der Waals surface area contributed by atoms with Gasteiger partial charge in [-0.3, -0.25) is 9.59 Å². The number of carbonyl (C=O) groups excluding carboxylic acids is 3. The molecule has 0 bridgehead atoms. The van der Waals surface area contributed by atoms with Gasteiger partial charge in [0.25, 0.3) is 5.91 Å². The average Bonchev–Trinajstić information content (AvgIpc) is 3.65. The maximum atomic E-state index is 13.6. The Kier molecular flexibility index (Phi) is 9.41. The highest BCUT2D eigenvalue weighted by Gasteiger charge is 2.34. The standard InChI is InChI=1S/C32H34N4O7S3/c1-3-42-31(38)21-8-7-16-36(18-21)46(40,41)22-13-11-20(12-14-22)28(37)34-30-27(29-33-24-9-5-6-10-25(24)44-29)23-15-17-35(19-26(23)45-30)32(39)43-4-2/h5-6,9-14,21H,3-4,7-8,15-19H2,1-2H3,(H,34,37). The van der Waals surface area contributed by atoms with Crippen molar-refractivity contribution in [2.24, 2.45) is 5.92 Å². The van der Waals surface area contributed by atoms with E-state index in [1.165, 1.54) is 39.9 Å². The quantitative estimate of drug-likeness (QED) is 0.232. The van der Waals surface area contributed by atoms with Crippen LogP contribution in [0, 0.1) is 5.92 Å². The third kappa shape index (κ3) is 6.39. The van der Waals surface area contributed by atoms with Gasteiger partial charge in [-0.2, -0.15) is 4.31 Å². The Balaban J connectivity index is 1.25. The monoisotopic (exact) mass is 682 g/mol. The maximum absolute atomic E-state index is 13.6. The van der Waals surface area contributed by atoms with Crippen LogP contribution < -0.4 is 5.32 Å².